The number of benzene rings is 4. The third kappa shape index (κ3) is 8.73. The molecule has 0 spiro atoms. The van der Waals surface area contributed by atoms with Crippen molar-refractivity contribution in [2.75, 3.05) is 13.2 Å². The molecule has 0 aliphatic rings. The topological polar surface area (TPSA) is 71.1 Å². The van der Waals surface area contributed by atoms with Gasteiger partial charge in [0, 0.05) is 34.4 Å². The maximum atomic E-state index is 12.1. The number of esters is 2. The van der Waals surface area contributed by atoms with Crippen LogP contribution >= 0.6 is 0 Å². The van der Waals surface area contributed by atoms with Crippen LogP contribution in [0.2, 0.25) is 0 Å². The third-order valence-corrected chi connectivity index (χ3v) is 6.70. The first kappa shape index (κ1) is 33.3. The van der Waals surface area contributed by atoms with E-state index in [0.29, 0.717) is 47.4 Å². The monoisotopic (exact) mass is 614 g/mol. The van der Waals surface area contributed by atoms with Gasteiger partial charge in [-0.3, -0.25) is 0 Å². The Bertz CT molecular complexity index is 1670. The van der Waals surface area contributed by atoms with Crippen LogP contribution in [0.1, 0.15) is 27.7 Å². The van der Waals surface area contributed by atoms with Crippen molar-refractivity contribution in [1.29, 1.82) is 0 Å². The lowest BCUT2D eigenvalue weighted by atomic mass is 9.97. The van der Waals surface area contributed by atoms with Crippen molar-refractivity contribution >= 4 is 11.9 Å². The summed E-state index contributed by atoms with van der Waals surface area (Å²) in [7, 11) is 0. The number of hydrogen-bond acceptors (Lipinski definition) is 6. The van der Waals surface area contributed by atoms with Gasteiger partial charge in [0.1, 0.15) is 36.2 Å². The first-order chi connectivity index (χ1) is 21.9. The molecule has 4 aromatic rings. The van der Waals surface area contributed by atoms with E-state index >= 15 is 0 Å². The number of carbonyl (C=O) groups excluding carboxylic acids is 2. The van der Waals surface area contributed by atoms with Gasteiger partial charge in [-0.1, -0.05) is 74.8 Å². The molecular formula is C40H38O6. The summed E-state index contributed by atoms with van der Waals surface area (Å²) in [5.41, 5.74) is 8.04. The highest BCUT2D eigenvalue weighted by atomic mass is 16.5. The maximum Gasteiger partial charge on any atom is 0.338 e. The zero-order valence-corrected chi connectivity index (χ0v) is 26.8. The van der Waals surface area contributed by atoms with Crippen LogP contribution in [0.25, 0.3) is 33.4 Å². The van der Waals surface area contributed by atoms with Crippen LogP contribution in [0.5, 0.6) is 23.0 Å². The smallest absolute Gasteiger partial charge is 0.338 e. The Labute approximate surface area is 270 Å². The van der Waals surface area contributed by atoms with Crippen LogP contribution in [0.4, 0.5) is 0 Å². The van der Waals surface area contributed by atoms with E-state index in [2.05, 4.69) is 26.3 Å². The molecule has 0 saturated heterocycles. The van der Waals surface area contributed by atoms with Gasteiger partial charge in [-0.15, -0.1) is 0 Å². The Hall–Kier alpha value is -5.62. The number of carbonyl (C=O) groups is 2. The molecule has 0 saturated carbocycles. The standard InChI is InChI=1S/C40H38O6/c1-25(2)23-43-37-21-33(45-39(41)27(5)6)17-19-35(37)31-13-9-29(10-14-31)30-11-15-32(16-12-30)36-20-18-34(46-40(42)28(7)8)22-38(36)44-24-26(3)4/h9-22H,1,3,5,7,23-24H2,2,4,6,8H3. The molecule has 0 aliphatic carbocycles. The van der Waals surface area contributed by atoms with Crippen LogP contribution in [0.15, 0.2) is 134 Å². The van der Waals surface area contributed by atoms with Gasteiger partial charge in [0.2, 0.25) is 0 Å². The van der Waals surface area contributed by atoms with Gasteiger partial charge in [-0.05, 0) is 85.4 Å². The second-order valence-electron chi connectivity index (χ2n) is 11.3. The van der Waals surface area contributed by atoms with Gasteiger partial charge in [0.25, 0.3) is 0 Å². The van der Waals surface area contributed by atoms with E-state index in [0.717, 1.165) is 44.5 Å². The van der Waals surface area contributed by atoms with Crippen LogP contribution in [-0.2, 0) is 9.59 Å². The lowest BCUT2D eigenvalue weighted by molar-refractivity contribution is -0.130. The first-order valence-corrected chi connectivity index (χ1v) is 14.7. The molecule has 0 atom stereocenters. The largest absolute Gasteiger partial charge is 0.488 e. The molecule has 0 radical (unpaired) electrons. The molecule has 0 aromatic heterocycles. The summed E-state index contributed by atoms with van der Waals surface area (Å²) >= 11 is 0. The molecule has 0 heterocycles. The Kier molecular flexibility index (Phi) is 10.8. The molecule has 6 nitrogen and oxygen atoms in total. The molecule has 0 amide bonds. The van der Waals surface area contributed by atoms with Crippen molar-refractivity contribution in [2.45, 2.75) is 27.7 Å². The molecule has 46 heavy (non-hydrogen) atoms. The maximum absolute atomic E-state index is 12.1. The van der Waals surface area contributed by atoms with E-state index in [-0.39, 0.29) is 0 Å². The lowest BCUT2D eigenvalue weighted by Crippen LogP contribution is -2.08. The summed E-state index contributed by atoms with van der Waals surface area (Å²) in [4.78, 5) is 24.1. The minimum absolute atomic E-state index is 0.313. The van der Waals surface area contributed by atoms with Crippen LogP contribution in [0.3, 0.4) is 0 Å². The zero-order valence-electron chi connectivity index (χ0n) is 26.8. The predicted octanol–water partition coefficient (Wildman–Crippen LogP) is 9.56. The van der Waals surface area contributed by atoms with Crippen LogP contribution in [-0.4, -0.2) is 25.2 Å². The lowest BCUT2D eigenvalue weighted by Gasteiger charge is -2.15. The van der Waals surface area contributed by atoms with Gasteiger partial charge in [0.15, 0.2) is 0 Å². The fraction of sp³-hybridized carbons (Fsp3) is 0.150. The van der Waals surface area contributed by atoms with Crippen molar-refractivity contribution in [3.63, 3.8) is 0 Å². The van der Waals surface area contributed by atoms with Crippen molar-refractivity contribution in [1.82, 2.24) is 0 Å². The number of hydrogen-bond donors (Lipinski definition) is 0. The molecule has 234 valence electrons. The quantitative estimate of drug-likeness (QED) is 0.0646. The Morgan fingerprint density at radius 1 is 0.500 bits per heavy atom. The van der Waals surface area contributed by atoms with Gasteiger partial charge in [0.05, 0.1) is 0 Å². The molecule has 4 aromatic carbocycles. The van der Waals surface area contributed by atoms with E-state index in [4.69, 9.17) is 18.9 Å². The predicted molar refractivity (Wildman–Crippen MR) is 184 cm³/mol. The average Bonchev–Trinajstić information content (AvgIpc) is 3.03. The highest BCUT2D eigenvalue weighted by molar-refractivity contribution is 5.89. The molecule has 0 aliphatic heterocycles. The van der Waals surface area contributed by atoms with E-state index in [1.807, 2.05) is 74.5 Å². The number of ether oxygens (including phenoxy) is 4. The van der Waals surface area contributed by atoms with Gasteiger partial charge in [-0.25, -0.2) is 9.59 Å². The zero-order chi connectivity index (χ0) is 33.4. The minimum Gasteiger partial charge on any atom is -0.488 e. The van der Waals surface area contributed by atoms with Gasteiger partial charge >= 0.3 is 11.9 Å². The average molecular weight is 615 g/mol. The minimum atomic E-state index is -0.495. The van der Waals surface area contributed by atoms with Crippen molar-refractivity contribution in [2.24, 2.45) is 0 Å². The molecule has 0 fully saturated rings. The Morgan fingerprint density at radius 3 is 1.13 bits per heavy atom. The molecule has 0 bridgehead atoms. The van der Waals surface area contributed by atoms with E-state index in [1.54, 1.807) is 38.1 Å². The van der Waals surface area contributed by atoms with E-state index in [9.17, 15) is 9.59 Å². The molecule has 6 heteroatoms. The fourth-order valence-electron chi connectivity index (χ4n) is 4.32. The summed E-state index contributed by atoms with van der Waals surface area (Å²) in [5.74, 6) is 0.924. The normalized spacial score (nSPS) is 10.4. The molecular weight excluding hydrogens is 576 g/mol. The van der Waals surface area contributed by atoms with Crippen molar-refractivity contribution in [3.8, 4) is 56.4 Å². The Morgan fingerprint density at radius 2 is 0.826 bits per heavy atom. The molecule has 0 N–H and O–H groups in total. The highest BCUT2D eigenvalue weighted by Crippen LogP contribution is 2.37. The summed E-state index contributed by atoms with van der Waals surface area (Å²) in [6, 6.07) is 26.9. The first-order valence-electron chi connectivity index (χ1n) is 14.7. The summed E-state index contributed by atoms with van der Waals surface area (Å²) in [5, 5.41) is 0. The second kappa shape index (κ2) is 14.9. The number of rotatable bonds is 13. The second-order valence-corrected chi connectivity index (χ2v) is 11.3. The third-order valence-electron chi connectivity index (χ3n) is 6.70. The van der Waals surface area contributed by atoms with Gasteiger partial charge < -0.3 is 18.9 Å². The summed E-state index contributed by atoms with van der Waals surface area (Å²) in [6.45, 7) is 22.8. The van der Waals surface area contributed by atoms with E-state index in [1.165, 1.54) is 0 Å². The summed E-state index contributed by atoms with van der Waals surface area (Å²) < 4.78 is 22.9. The summed E-state index contributed by atoms with van der Waals surface area (Å²) in [6.07, 6.45) is 0. The van der Waals surface area contributed by atoms with Gasteiger partial charge in [-0.2, -0.15) is 0 Å². The van der Waals surface area contributed by atoms with E-state index < -0.39 is 11.9 Å². The fourth-order valence-corrected chi connectivity index (χ4v) is 4.32. The SMILES string of the molecule is C=C(C)COc1cc(OC(=O)C(=C)C)ccc1-c1ccc(-c2ccc(-c3ccc(OC(=O)C(=C)C)cc3OCC(=C)C)cc2)cc1. The highest BCUT2D eigenvalue weighted by Gasteiger charge is 2.14. The van der Waals surface area contributed by atoms with Crippen LogP contribution < -0.4 is 18.9 Å². The Balaban J connectivity index is 1.59. The molecule has 4 rings (SSSR count). The van der Waals surface area contributed by atoms with Crippen LogP contribution in [0, 0.1) is 0 Å². The van der Waals surface area contributed by atoms with Crippen molar-refractivity contribution in [3.05, 3.63) is 134 Å². The van der Waals surface area contributed by atoms with Crippen molar-refractivity contribution < 1.29 is 28.5 Å². The molecule has 0 unspecified atom stereocenters.